The predicted molar refractivity (Wildman–Crippen MR) is 199 cm³/mol. The highest BCUT2D eigenvalue weighted by molar-refractivity contribution is 7.91. The van der Waals surface area contributed by atoms with Gasteiger partial charge in [-0.1, -0.05) is 46.0 Å². The van der Waals surface area contributed by atoms with E-state index in [1.54, 1.807) is 13.3 Å². The lowest BCUT2D eigenvalue weighted by molar-refractivity contribution is -0.141. The zero-order chi connectivity index (χ0) is 38.3. The molecule has 54 heavy (non-hydrogen) atoms. The van der Waals surface area contributed by atoms with Gasteiger partial charge >= 0.3 is 6.09 Å². The number of rotatable bonds is 4. The maximum Gasteiger partial charge on any atom is 0.407 e. The number of fused-ring (bicyclic) bond motifs is 4. The Bertz CT molecular complexity index is 1900. The quantitative estimate of drug-likeness (QED) is 0.406. The van der Waals surface area contributed by atoms with Crippen LogP contribution in [0.15, 0.2) is 24.4 Å². The highest BCUT2D eigenvalue weighted by Gasteiger charge is 2.62. The smallest absolute Gasteiger partial charge is 0.407 e. The fourth-order valence-corrected chi connectivity index (χ4v) is 9.75. The molecule has 3 N–H and O–H groups in total. The third kappa shape index (κ3) is 8.25. The molecule has 5 aliphatic rings. The lowest BCUT2D eigenvalue weighted by Crippen LogP contribution is -2.58. The van der Waals surface area contributed by atoms with Crippen LogP contribution in [0.3, 0.4) is 0 Å². The van der Waals surface area contributed by atoms with Crippen molar-refractivity contribution in [3.8, 4) is 11.6 Å². The maximum atomic E-state index is 14.5. The van der Waals surface area contributed by atoms with Crippen LogP contribution in [0.1, 0.15) is 103 Å². The van der Waals surface area contributed by atoms with Crippen LogP contribution in [0.5, 0.6) is 11.6 Å². The number of ether oxygens (including phenoxy) is 3. The van der Waals surface area contributed by atoms with Gasteiger partial charge in [0, 0.05) is 18.0 Å². The number of carbonyl (C=O) groups excluding carboxylic acids is 4. The van der Waals surface area contributed by atoms with Crippen molar-refractivity contribution in [3.05, 3.63) is 30.0 Å². The summed E-state index contributed by atoms with van der Waals surface area (Å²) in [5, 5.41) is 6.80. The highest BCUT2D eigenvalue weighted by Crippen LogP contribution is 2.48. The summed E-state index contributed by atoms with van der Waals surface area (Å²) in [4.78, 5) is 62.0. The Morgan fingerprint density at radius 1 is 1.04 bits per heavy atom. The summed E-state index contributed by atoms with van der Waals surface area (Å²) in [6.45, 7) is 4.24. The van der Waals surface area contributed by atoms with E-state index in [0.717, 1.165) is 60.6 Å². The molecule has 4 amide bonds. The van der Waals surface area contributed by atoms with Gasteiger partial charge in [0.05, 0.1) is 25.5 Å². The lowest BCUT2D eigenvalue weighted by Gasteiger charge is -2.30. The van der Waals surface area contributed by atoms with Crippen LogP contribution in [-0.2, 0) is 35.6 Å². The van der Waals surface area contributed by atoms with E-state index in [-0.39, 0.29) is 30.9 Å². The number of aromatic nitrogens is 1. The van der Waals surface area contributed by atoms with E-state index in [1.165, 1.54) is 4.90 Å². The molecule has 2 saturated carbocycles. The van der Waals surface area contributed by atoms with Crippen molar-refractivity contribution in [1.29, 1.82) is 0 Å². The first-order valence-electron chi connectivity index (χ1n) is 19.5. The molecule has 5 atom stereocenters. The van der Waals surface area contributed by atoms with Gasteiger partial charge in [-0.05, 0) is 91.8 Å². The van der Waals surface area contributed by atoms with Gasteiger partial charge in [-0.2, -0.15) is 0 Å². The Kier molecular flexibility index (Phi) is 10.7. The lowest BCUT2D eigenvalue weighted by atomic mass is 9.87. The van der Waals surface area contributed by atoms with Crippen LogP contribution >= 0.6 is 0 Å². The standard InChI is InChI=1S/C39H53N5O9S/c1-38(2)16-9-10-25-18-29-24(19-32(25)51-3)15-17-40-34(29)53-27-20-31-33(45)42-39(36(47)43-54(49,50)28-13-14-28)21-26(39)11-7-5-4-6-8-12-30(35(46)44(31)22-27)41-37(48)52-23-38/h15,17-19,26-28,30-31H,4-14,16,20-23H2,1-3H3,(H,41,48)(H,42,45)(H,43,47)/t26-,27+,30-,31-,39+/m0/s1. The Morgan fingerprint density at radius 2 is 1.80 bits per heavy atom. The first-order chi connectivity index (χ1) is 25.8. The van der Waals surface area contributed by atoms with Crippen molar-refractivity contribution >= 4 is 44.6 Å². The summed E-state index contributed by atoms with van der Waals surface area (Å²) in [7, 11) is -2.22. The van der Waals surface area contributed by atoms with Gasteiger partial charge in [0.25, 0.3) is 5.91 Å². The molecular formula is C39H53N5O9S. The summed E-state index contributed by atoms with van der Waals surface area (Å²) >= 11 is 0. The Balaban J connectivity index is 1.24. The number of aryl methyl sites for hydroxylation is 1. The van der Waals surface area contributed by atoms with Crippen molar-refractivity contribution in [1.82, 2.24) is 25.2 Å². The predicted octanol–water partition coefficient (Wildman–Crippen LogP) is 4.28. The number of methoxy groups -OCH3 is 1. The molecule has 2 aliphatic carbocycles. The molecule has 294 valence electrons. The van der Waals surface area contributed by atoms with Gasteiger partial charge in [-0.15, -0.1) is 0 Å². The summed E-state index contributed by atoms with van der Waals surface area (Å²) in [6.07, 6.45) is 9.05. The van der Waals surface area contributed by atoms with Crippen LogP contribution in [0.25, 0.3) is 10.8 Å². The molecule has 3 aliphatic heterocycles. The molecule has 15 heteroatoms. The minimum atomic E-state index is -3.86. The molecule has 0 spiro atoms. The van der Waals surface area contributed by atoms with E-state index in [9.17, 15) is 27.6 Å². The van der Waals surface area contributed by atoms with Gasteiger partial charge in [0.2, 0.25) is 27.7 Å². The molecule has 0 radical (unpaired) electrons. The third-order valence-electron chi connectivity index (χ3n) is 11.8. The SMILES string of the molecule is COc1cc2ccnc3c2cc1CCCC(C)(C)COC(=O)N[C@H]1CCCCCCC[C@H]2C[C@@]2(C(=O)NS(=O)(=O)C2CC2)NC(=O)[C@@H]2C[C@H](CN2C1=O)O3. The van der Waals surface area contributed by atoms with Gasteiger partial charge in [-0.3, -0.25) is 19.1 Å². The molecular weight excluding hydrogens is 715 g/mol. The maximum absolute atomic E-state index is 14.5. The van der Waals surface area contributed by atoms with Crippen LogP contribution in [0.4, 0.5) is 4.79 Å². The van der Waals surface area contributed by atoms with E-state index < -0.39 is 62.8 Å². The van der Waals surface area contributed by atoms with Gasteiger partial charge < -0.3 is 29.7 Å². The number of nitrogens with one attached hydrogen (secondary N) is 3. The van der Waals surface area contributed by atoms with Crippen LogP contribution < -0.4 is 24.8 Å². The monoisotopic (exact) mass is 767 g/mol. The molecule has 4 fully saturated rings. The topological polar surface area (TPSA) is 182 Å². The minimum Gasteiger partial charge on any atom is -0.496 e. The van der Waals surface area contributed by atoms with E-state index in [1.807, 2.05) is 32.0 Å². The summed E-state index contributed by atoms with van der Waals surface area (Å²) in [5.74, 6) is -0.884. The number of hydrogen-bond acceptors (Lipinski definition) is 10. The second-order valence-electron chi connectivity index (χ2n) is 16.7. The van der Waals surface area contributed by atoms with Crippen LogP contribution in [0, 0.1) is 11.3 Å². The Labute approximate surface area is 316 Å². The fraction of sp³-hybridized carbons (Fsp3) is 0.667. The van der Waals surface area contributed by atoms with Gasteiger partial charge in [0.15, 0.2) is 0 Å². The second kappa shape index (κ2) is 15.2. The van der Waals surface area contributed by atoms with E-state index >= 15 is 0 Å². The molecule has 5 bridgehead atoms. The van der Waals surface area contributed by atoms with Crippen molar-refractivity contribution < 1.29 is 41.8 Å². The molecule has 7 rings (SSSR count). The first-order valence-corrected chi connectivity index (χ1v) is 21.1. The fourth-order valence-electron chi connectivity index (χ4n) is 8.38. The van der Waals surface area contributed by atoms with Crippen molar-refractivity contribution in [2.45, 2.75) is 133 Å². The number of hydrogen-bond donors (Lipinski definition) is 3. The first kappa shape index (κ1) is 38.1. The van der Waals surface area contributed by atoms with Gasteiger partial charge in [-0.25, -0.2) is 18.2 Å². The number of cyclic esters (lactones) is 1. The van der Waals surface area contributed by atoms with Crippen LogP contribution in [-0.4, -0.2) is 91.4 Å². The van der Waals surface area contributed by atoms with Crippen molar-refractivity contribution in [3.63, 3.8) is 0 Å². The zero-order valence-electron chi connectivity index (χ0n) is 31.5. The molecule has 2 aromatic rings. The van der Waals surface area contributed by atoms with E-state index in [0.29, 0.717) is 50.8 Å². The average molecular weight is 768 g/mol. The minimum absolute atomic E-state index is 0.0247. The number of amides is 4. The highest BCUT2D eigenvalue weighted by atomic mass is 32.2. The van der Waals surface area contributed by atoms with Crippen LogP contribution in [0.2, 0.25) is 0 Å². The number of carbonyl (C=O) groups is 4. The molecule has 4 heterocycles. The normalized spacial score (nSPS) is 29.6. The molecule has 1 aromatic heterocycles. The van der Waals surface area contributed by atoms with Gasteiger partial charge in [0.1, 0.15) is 29.5 Å². The molecule has 2 saturated heterocycles. The van der Waals surface area contributed by atoms with Crippen molar-refractivity contribution in [2.75, 3.05) is 20.3 Å². The van der Waals surface area contributed by atoms with E-state index in [4.69, 9.17) is 14.2 Å². The summed E-state index contributed by atoms with van der Waals surface area (Å²) < 4.78 is 46.0. The third-order valence-corrected chi connectivity index (χ3v) is 13.7. The summed E-state index contributed by atoms with van der Waals surface area (Å²) in [5.41, 5.74) is -0.776. The molecule has 14 nitrogen and oxygen atoms in total. The number of nitrogens with zero attached hydrogens (tertiary/aromatic N) is 2. The largest absolute Gasteiger partial charge is 0.496 e. The molecule has 1 aromatic carbocycles. The number of pyridine rings is 1. The van der Waals surface area contributed by atoms with Crippen molar-refractivity contribution in [2.24, 2.45) is 11.3 Å². The number of benzene rings is 1. The molecule has 0 unspecified atom stereocenters. The Hall–Kier alpha value is -4.14. The zero-order valence-corrected chi connectivity index (χ0v) is 32.3. The van der Waals surface area contributed by atoms with E-state index in [2.05, 4.69) is 20.3 Å². The second-order valence-corrected chi connectivity index (χ2v) is 18.6. The summed E-state index contributed by atoms with van der Waals surface area (Å²) in [6, 6.07) is 3.83. The Morgan fingerprint density at radius 3 is 2.56 bits per heavy atom. The number of sulfonamides is 1. The average Bonchev–Trinajstić information content (AvgIpc) is 4.06. The number of alkyl carbamates (subject to hydrolysis) is 1.